The van der Waals surface area contributed by atoms with Gasteiger partial charge in [-0.15, -0.1) is 0 Å². The highest BCUT2D eigenvalue weighted by molar-refractivity contribution is 5.57. The predicted molar refractivity (Wildman–Crippen MR) is 87.2 cm³/mol. The molecule has 1 aromatic heterocycles. The molecule has 21 heavy (non-hydrogen) atoms. The summed E-state index contributed by atoms with van der Waals surface area (Å²) in [6, 6.07) is 10.6. The standard InChI is InChI=1S/C18H25N3/c1-2-3-4-8-13-21-17-11-12-19-14-16(17)20-18(21)15-9-6-5-7-10-15/h5-7,9-10,19H,2-4,8,11-14H2,1H3. The minimum Gasteiger partial charge on any atom is -0.328 e. The Morgan fingerprint density at radius 3 is 2.81 bits per heavy atom. The van der Waals surface area contributed by atoms with E-state index >= 15 is 0 Å². The fraction of sp³-hybridized carbons (Fsp3) is 0.500. The molecule has 1 aliphatic heterocycles. The van der Waals surface area contributed by atoms with Crippen molar-refractivity contribution in [3.63, 3.8) is 0 Å². The molecular formula is C18H25N3. The van der Waals surface area contributed by atoms with Gasteiger partial charge < -0.3 is 9.88 Å². The number of unbranched alkanes of at least 4 members (excludes halogenated alkanes) is 3. The molecule has 0 aliphatic carbocycles. The molecule has 0 bridgehead atoms. The Labute approximate surface area is 127 Å². The van der Waals surface area contributed by atoms with Gasteiger partial charge in [-0.3, -0.25) is 0 Å². The molecule has 0 fully saturated rings. The molecule has 2 aromatic rings. The minimum absolute atomic E-state index is 0.914. The molecule has 1 N–H and O–H groups in total. The Hall–Kier alpha value is -1.61. The van der Waals surface area contributed by atoms with Gasteiger partial charge in [-0.2, -0.15) is 0 Å². The van der Waals surface area contributed by atoms with Crippen LogP contribution in [0.1, 0.15) is 44.0 Å². The van der Waals surface area contributed by atoms with Crippen molar-refractivity contribution in [2.24, 2.45) is 0 Å². The van der Waals surface area contributed by atoms with E-state index in [1.54, 1.807) is 0 Å². The lowest BCUT2D eigenvalue weighted by molar-refractivity contribution is 0.549. The zero-order chi connectivity index (χ0) is 14.5. The maximum absolute atomic E-state index is 4.92. The van der Waals surface area contributed by atoms with E-state index in [9.17, 15) is 0 Å². The number of rotatable bonds is 6. The molecule has 3 nitrogen and oxygen atoms in total. The molecule has 0 atom stereocenters. The number of nitrogens with one attached hydrogen (secondary N) is 1. The summed E-state index contributed by atoms with van der Waals surface area (Å²) in [5.74, 6) is 1.15. The van der Waals surface area contributed by atoms with Gasteiger partial charge in [-0.05, 0) is 6.42 Å². The summed E-state index contributed by atoms with van der Waals surface area (Å²) < 4.78 is 2.47. The zero-order valence-corrected chi connectivity index (χ0v) is 12.9. The van der Waals surface area contributed by atoms with Crippen LogP contribution in [0.2, 0.25) is 0 Å². The quantitative estimate of drug-likeness (QED) is 0.818. The van der Waals surface area contributed by atoms with Crippen LogP contribution in [0.15, 0.2) is 30.3 Å². The molecule has 1 aromatic carbocycles. The highest BCUT2D eigenvalue weighted by Gasteiger charge is 2.20. The lowest BCUT2D eigenvalue weighted by atomic mass is 10.1. The normalized spacial score (nSPS) is 14.1. The van der Waals surface area contributed by atoms with Crippen LogP contribution in [0.5, 0.6) is 0 Å². The summed E-state index contributed by atoms with van der Waals surface area (Å²) in [4.78, 5) is 4.92. The average Bonchev–Trinajstić information content (AvgIpc) is 2.91. The second-order valence-corrected chi connectivity index (χ2v) is 5.83. The highest BCUT2D eigenvalue weighted by atomic mass is 15.1. The largest absolute Gasteiger partial charge is 0.328 e. The number of imidazole rings is 1. The first-order valence-corrected chi connectivity index (χ1v) is 8.24. The van der Waals surface area contributed by atoms with Gasteiger partial charge >= 0.3 is 0 Å². The SMILES string of the molecule is CCCCCCn1c(-c2ccccc2)nc2c1CCNC2. The lowest BCUT2D eigenvalue weighted by Gasteiger charge is -2.16. The van der Waals surface area contributed by atoms with Gasteiger partial charge in [0.2, 0.25) is 0 Å². The van der Waals surface area contributed by atoms with Crippen LogP contribution in [-0.4, -0.2) is 16.1 Å². The monoisotopic (exact) mass is 283 g/mol. The summed E-state index contributed by atoms with van der Waals surface area (Å²) in [6.45, 7) is 5.35. The van der Waals surface area contributed by atoms with Gasteiger partial charge in [0.05, 0.1) is 5.69 Å². The maximum Gasteiger partial charge on any atom is 0.140 e. The third-order valence-corrected chi connectivity index (χ3v) is 4.25. The zero-order valence-electron chi connectivity index (χ0n) is 12.9. The van der Waals surface area contributed by atoms with Gasteiger partial charge in [0.15, 0.2) is 0 Å². The van der Waals surface area contributed by atoms with Crippen molar-refractivity contribution in [3.05, 3.63) is 41.7 Å². The summed E-state index contributed by atoms with van der Waals surface area (Å²) >= 11 is 0. The van der Waals surface area contributed by atoms with Gasteiger partial charge in [0.1, 0.15) is 5.82 Å². The van der Waals surface area contributed by atoms with E-state index in [4.69, 9.17) is 4.98 Å². The Balaban J connectivity index is 1.89. The first-order chi connectivity index (χ1) is 10.4. The third kappa shape index (κ3) is 3.18. The van der Waals surface area contributed by atoms with Crippen molar-refractivity contribution >= 4 is 0 Å². The number of hydrogen-bond acceptors (Lipinski definition) is 2. The number of nitrogens with zero attached hydrogens (tertiary/aromatic N) is 2. The summed E-state index contributed by atoms with van der Waals surface area (Å²) in [5, 5.41) is 3.43. The van der Waals surface area contributed by atoms with Crippen molar-refractivity contribution in [2.45, 2.75) is 52.1 Å². The second-order valence-electron chi connectivity index (χ2n) is 5.83. The van der Waals surface area contributed by atoms with Crippen LogP contribution in [0.25, 0.3) is 11.4 Å². The van der Waals surface area contributed by atoms with Crippen LogP contribution in [0, 0.1) is 0 Å². The first-order valence-electron chi connectivity index (χ1n) is 8.24. The molecule has 1 aliphatic rings. The van der Waals surface area contributed by atoms with Crippen LogP contribution in [-0.2, 0) is 19.5 Å². The van der Waals surface area contributed by atoms with Gasteiger partial charge in [-0.25, -0.2) is 4.98 Å². The molecule has 2 heterocycles. The van der Waals surface area contributed by atoms with Gasteiger partial charge in [0, 0.05) is 37.3 Å². The van der Waals surface area contributed by atoms with Crippen molar-refractivity contribution in [1.82, 2.24) is 14.9 Å². The van der Waals surface area contributed by atoms with Crippen LogP contribution >= 0.6 is 0 Å². The van der Waals surface area contributed by atoms with Gasteiger partial charge in [0.25, 0.3) is 0 Å². The smallest absolute Gasteiger partial charge is 0.140 e. The van der Waals surface area contributed by atoms with Crippen molar-refractivity contribution in [1.29, 1.82) is 0 Å². The Bertz CT molecular complexity index is 572. The van der Waals surface area contributed by atoms with Crippen molar-refractivity contribution < 1.29 is 0 Å². The predicted octanol–water partition coefficient (Wildman–Crippen LogP) is 3.78. The number of benzene rings is 1. The molecule has 0 saturated carbocycles. The Kier molecular flexibility index (Phi) is 4.71. The van der Waals surface area contributed by atoms with E-state index in [1.807, 2.05) is 0 Å². The number of hydrogen-bond donors (Lipinski definition) is 1. The molecule has 0 radical (unpaired) electrons. The van der Waals surface area contributed by atoms with E-state index in [2.05, 4.69) is 47.1 Å². The number of aromatic nitrogens is 2. The lowest BCUT2D eigenvalue weighted by Crippen LogP contribution is -2.25. The molecular weight excluding hydrogens is 258 g/mol. The maximum atomic E-state index is 4.92. The van der Waals surface area contributed by atoms with Crippen LogP contribution in [0.4, 0.5) is 0 Å². The molecule has 0 unspecified atom stereocenters. The molecule has 3 heteroatoms. The average molecular weight is 283 g/mol. The van der Waals surface area contributed by atoms with Crippen LogP contribution in [0.3, 0.4) is 0 Å². The Morgan fingerprint density at radius 1 is 1.14 bits per heavy atom. The number of fused-ring (bicyclic) bond motifs is 1. The molecule has 0 amide bonds. The molecule has 3 rings (SSSR count). The molecule has 0 spiro atoms. The van der Waals surface area contributed by atoms with E-state index in [0.29, 0.717) is 0 Å². The summed E-state index contributed by atoms with van der Waals surface area (Å²) in [7, 11) is 0. The summed E-state index contributed by atoms with van der Waals surface area (Å²) in [5.41, 5.74) is 3.93. The van der Waals surface area contributed by atoms with Crippen LogP contribution < -0.4 is 5.32 Å². The highest BCUT2D eigenvalue weighted by Crippen LogP contribution is 2.25. The fourth-order valence-electron chi connectivity index (χ4n) is 3.12. The van der Waals surface area contributed by atoms with Crippen molar-refractivity contribution in [2.75, 3.05) is 6.54 Å². The van der Waals surface area contributed by atoms with E-state index in [1.165, 1.54) is 42.6 Å². The fourth-order valence-corrected chi connectivity index (χ4v) is 3.12. The molecule has 112 valence electrons. The van der Waals surface area contributed by atoms with Crippen molar-refractivity contribution in [3.8, 4) is 11.4 Å². The third-order valence-electron chi connectivity index (χ3n) is 4.25. The molecule has 0 saturated heterocycles. The minimum atomic E-state index is 0.914. The van der Waals surface area contributed by atoms with Gasteiger partial charge in [-0.1, -0.05) is 56.5 Å². The Morgan fingerprint density at radius 2 is 2.00 bits per heavy atom. The second kappa shape index (κ2) is 6.90. The van der Waals surface area contributed by atoms with E-state index < -0.39 is 0 Å². The van der Waals surface area contributed by atoms with E-state index in [-0.39, 0.29) is 0 Å². The summed E-state index contributed by atoms with van der Waals surface area (Å²) in [6.07, 6.45) is 6.29. The first kappa shape index (κ1) is 14.3. The topological polar surface area (TPSA) is 29.9 Å². The van der Waals surface area contributed by atoms with E-state index in [0.717, 1.165) is 31.9 Å².